The zero-order valence-electron chi connectivity index (χ0n) is 9.56. The summed E-state index contributed by atoms with van der Waals surface area (Å²) in [6, 6.07) is 3.91. The summed E-state index contributed by atoms with van der Waals surface area (Å²) in [7, 11) is 0. The molecule has 1 N–H and O–H groups in total. The highest BCUT2D eigenvalue weighted by Crippen LogP contribution is 2.19. The molecule has 0 saturated carbocycles. The van der Waals surface area contributed by atoms with Gasteiger partial charge in [0, 0.05) is 18.1 Å². The van der Waals surface area contributed by atoms with Crippen molar-refractivity contribution in [2.24, 2.45) is 5.92 Å². The number of hydrogen-bond acceptors (Lipinski definition) is 3. The first kappa shape index (κ1) is 11.0. The van der Waals surface area contributed by atoms with Crippen molar-refractivity contribution in [3.05, 3.63) is 23.5 Å². The van der Waals surface area contributed by atoms with Crippen molar-refractivity contribution in [3.63, 3.8) is 0 Å². The molecule has 1 fully saturated rings. The molecule has 0 spiro atoms. The zero-order valence-corrected chi connectivity index (χ0v) is 10.3. The Kier molecular flexibility index (Phi) is 2.99. The van der Waals surface area contributed by atoms with E-state index in [2.05, 4.69) is 26.3 Å². The van der Waals surface area contributed by atoms with Crippen molar-refractivity contribution in [2.75, 3.05) is 13.1 Å². The number of hydrogen-bond donors (Lipinski definition) is 1. The predicted octanol–water partition coefficient (Wildman–Crippen LogP) is 2.08. The van der Waals surface area contributed by atoms with Gasteiger partial charge in [0.2, 0.25) is 0 Å². The van der Waals surface area contributed by atoms with Crippen LogP contribution in [0.15, 0.2) is 18.3 Å². The van der Waals surface area contributed by atoms with Gasteiger partial charge in [-0.05, 0) is 44.0 Å². The molecule has 5 heteroatoms. The van der Waals surface area contributed by atoms with Gasteiger partial charge in [-0.25, -0.2) is 0 Å². The summed E-state index contributed by atoms with van der Waals surface area (Å²) in [5.41, 5.74) is 0.931. The third kappa shape index (κ3) is 2.28. The topological polar surface area (TPSA) is 42.7 Å². The Morgan fingerprint density at radius 3 is 3.24 bits per heavy atom. The minimum absolute atomic E-state index is 0.453. The maximum atomic E-state index is 5.83. The first-order chi connectivity index (χ1) is 8.33. The molecule has 1 unspecified atom stereocenters. The number of rotatable bonds is 2. The van der Waals surface area contributed by atoms with Crippen molar-refractivity contribution in [1.29, 1.82) is 0 Å². The average molecular weight is 251 g/mol. The lowest BCUT2D eigenvalue weighted by atomic mass is 10.00. The van der Waals surface area contributed by atoms with E-state index < -0.39 is 0 Å². The monoisotopic (exact) mass is 250 g/mol. The first-order valence-corrected chi connectivity index (χ1v) is 6.39. The average Bonchev–Trinajstić information content (AvgIpc) is 2.73. The van der Waals surface area contributed by atoms with Crippen LogP contribution >= 0.6 is 11.6 Å². The normalized spacial score (nSPS) is 20.9. The van der Waals surface area contributed by atoms with Crippen LogP contribution in [0.4, 0.5) is 0 Å². The van der Waals surface area contributed by atoms with Crippen LogP contribution in [0.1, 0.15) is 12.8 Å². The molecule has 2 aromatic rings. The highest BCUT2D eigenvalue weighted by molar-refractivity contribution is 6.29. The Balaban J connectivity index is 1.84. The molecule has 0 radical (unpaired) electrons. The van der Waals surface area contributed by atoms with Gasteiger partial charge in [-0.15, -0.1) is 10.2 Å². The molecule has 4 nitrogen and oxygen atoms in total. The Labute approximate surface area is 105 Å². The summed E-state index contributed by atoms with van der Waals surface area (Å²) in [6.07, 6.45) is 4.62. The van der Waals surface area contributed by atoms with Crippen LogP contribution in [-0.2, 0) is 6.54 Å². The van der Waals surface area contributed by atoms with E-state index in [4.69, 9.17) is 11.6 Å². The quantitative estimate of drug-likeness (QED) is 0.888. The summed E-state index contributed by atoms with van der Waals surface area (Å²) in [5.74, 6) is 0.692. The predicted molar refractivity (Wildman–Crippen MR) is 68.1 cm³/mol. The second-order valence-electron chi connectivity index (χ2n) is 4.63. The standard InChI is InChI=1S/C12H15ClN4/c13-11-6-10-3-5-17(12(10)16-15-11)8-9-2-1-4-14-7-9/h3,5-6,9,14H,1-2,4,7-8H2. The number of aromatic nitrogens is 3. The van der Waals surface area contributed by atoms with Crippen LogP contribution < -0.4 is 5.32 Å². The Hall–Kier alpha value is -1.13. The number of halogens is 1. The Bertz CT molecular complexity index is 516. The molecule has 1 saturated heterocycles. The fourth-order valence-electron chi connectivity index (χ4n) is 2.47. The van der Waals surface area contributed by atoms with Gasteiger partial charge >= 0.3 is 0 Å². The number of nitrogens with zero attached hydrogens (tertiary/aromatic N) is 3. The summed E-state index contributed by atoms with van der Waals surface area (Å²) in [5, 5.41) is 13.0. The Morgan fingerprint density at radius 2 is 2.41 bits per heavy atom. The van der Waals surface area contributed by atoms with Crippen molar-refractivity contribution in [1.82, 2.24) is 20.1 Å². The largest absolute Gasteiger partial charge is 0.331 e. The highest BCUT2D eigenvalue weighted by atomic mass is 35.5. The van der Waals surface area contributed by atoms with Crippen LogP contribution in [-0.4, -0.2) is 27.9 Å². The van der Waals surface area contributed by atoms with Crippen LogP contribution in [0, 0.1) is 5.92 Å². The van der Waals surface area contributed by atoms with E-state index in [1.807, 2.05) is 12.1 Å². The molecule has 0 aromatic carbocycles. The van der Waals surface area contributed by atoms with Crippen LogP contribution in [0.2, 0.25) is 5.15 Å². The lowest BCUT2D eigenvalue weighted by molar-refractivity contribution is 0.340. The van der Waals surface area contributed by atoms with Crippen molar-refractivity contribution in [2.45, 2.75) is 19.4 Å². The smallest absolute Gasteiger partial charge is 0.162 e. The van der Waals surface area contributed by atoms with E-state index in [1.165, 1.54) is 12.8 Å². The van der Waals surface area contributed by atoms with Gasteiger partial charge in [0.25, 0.3) is 0 Å². The minimum atomic E-state index is 0.453. The van der Waals surface area contributed by atoms with Crippen LogP contribution in [0.25, 0.3) is 11.0 Å². The third-order valence-electron chi connectivity index (χ3n) is 3.33. The minimum Gasteiger partial charge on any atom is -0.331 e. The lowest BCUT2D eigenvalue weighted by Crippen LogP contribution is -2.32. The van der Waals surface area contributed by atoms with E-state index in [0.717, 1.165) is 30.7 Å². The van der Waals surface area contributed by atoms with E-state index in [0.29, 0.717) is 11.1 Å². The highest BCUT2D eigenvalue weighted by Gasteiger charge is 2.14. The van der Waals surface area contributed by atoms with Gasteiger partial charge in [-0.1, -0.05) is 11.6 Å². The molecule has 2 aromatic heterocycles. The zero-order chi connectivity index (χ0) is 11.7. The number of piperidine rings is 1. The molecule has 1 atom stereocenters. The molecule has 3 rings (SSSR count). The molecule has 3 heterocycles. The van der Waals surface area contributed by atoms with E-state index in [-0.39, 0.29) is 0 Å². The second-order valence-corrected chi connectivity index (χ2v) is 5.01. The SMILES string of the molecule is Clc1cc2ccn(CC3CCCNC3)c2nn1. The molecule has 0 amide bonds. The van der Waals surface area contributed by atoms with E-state index in [1.54, 1.807) is 0 Å². The molecule has 90 valence electrons. The summed E-state index contributed by atoms with van der Waals surface area (Å²) >= 11 is 5.83. The summed E-state index contributed by atoms with van der Waals surface area (Å²) in [4.78, 5) is 0. The first-order valence-electron chi connectivity index (χ1n) is 6.02. The van der Waals surface area contributed by atoms with E-state index in [9.17, 15) is 0 Å². The summed E-state index contributed by atoms with van der Waals surface area (Å²) in [6.45, 7) is 3.26. The fraction of sp³-hybridized carbons (Fsp3) is 0.500. The lowest BCUT2D eigenvalue weighted by Gasteiger charge is -2.23. The maximum absolute atomic E-state index is 5.83. The molecule has 1 aliphatic rings. The van der Waals surface area contributed by atoms with Gasteiger partial charge in [0.1, 0.15) is 0 Å². The van der Waals surface area contributed by atoms with Crippen molar-refractivity contribution >= 4 is 22.6 Å². The molecule has 0 bridgehead atoms. The Morgan fingerprint density at radius 1 is 1.47 bits per heavy atom. The van der Waals surface area contributed by atoms with Gasteiger partial charge in [0.05, 0.1) is 0 Å². The second kappa shape index (κ2) is 4.63. The van der Waals surface area contributed by atoms with Gasteiger partial charge in [0.15, 0.2) is 10.8 Å². The van der Waals surface area contributed by atoms with Gasteiger partial charge in [-0.2, -0.15) is 0 Å². The molecule has 1 aliphatic heterocycles. The van der Waals surface area contributed by atoms with Crippen molar-refractivity contribution in [3.8, 4) is 0 Å². The van der Waals surface area contributed by atoms with E-state index >= 15 is 0 Å². The number of nitrogens with one attached hydrogen (secondary N) is 1. The number of fused-ring (bicyclic) bond motifs is 1. The third-order valence-corrected chi connectivity index (χ3v) is 3.52. The fourth-order valence-corrected chi connectivity index (χ4v) is 2.62. The summed E-state index contributed by atoms with van der Waals surface area (Å²) < 4.78 is 2.18. The molecular weight excluding hydrogens is 236 g/mol. The van der Waals surface area contributed by atoms with Crippen LogP contribution in [0.5, 0.6) is 0 Å². The maximum Gasteiger partial charge on any atom is 0.162 e. The van der Waals surface area contributed by atoms with Crippen LogP contribution in [0.3, 0.4) is 0 Å². The molecule has 0 aliphatic carbocycles. The van der Waals surface area contributed by atoms with Gasteiger partial charge in [-0.3, -0.25) is 0 Å². The molecule has 17 heavy (non-hydrogen) atoms. The van der Waals surface area contributed by atoms with Gasteiger partial charge < -0.3 is 9.88 Å². The molecular formula is C12H15ClN4. The van der Waals surface area contributed by atoms with Crippen molar-refractivity contribution < 1.29 is 0 Å².